The number of alkyl halides is 1. The minimum Gasteiger partial charge on any atom is -0.251 e. The minimum absolute atomic E-state index is 0.0154. The van der Waals surface area contributed by atoms with E-state index >= 15 is 0 Å². The van der Waals surface area contributed by atoms with Gasteiger partial charge in [-0.3, -0.25) is 4.39 Å². The van der Waals surface area contributed by atoms with Crippen LogP contribution < -0.4 is 0 Å². The molecule has 0 fully saturated rings. The molecule has 0 heterocycles. The van der Waals surface area contributed by atoms with E-state index in [0.29, 0.717) is 6.42 Å². The molecule has 0 spiro atoms. The van der Waals surface area contributed by atoms with Crippen molar-refractivity contribution in [1.82, 2.24) is 0 Å². The lowest BCUT2D eigenvalue weighted by molar-refractivity contribution is -0.729. The molecule has 0 saturated carbocycles. The van der Waals surface area contributed by atoms with Gasteiger partial charge in [-0.05, 0) is 17.9 Å². The molecule has 0 bridgehead atoms. The normalized spacial score (nSPS) is 12.4. The monoisotopic (exact) mass is 198 g/mol. The Hall–Kier alpha value is -1.45. The predicted octanol–water partition coefficient (Wildman–Crippen LogP) is 2.63. The SMILES string of the molecule is CC(CF)Cc1ccc([N+](=O)O)cc1. The maximum atomic E-state index is 12.2. The Morgan fingerprint density at radius 1 is 1.43 bits per heavy atom. The van der Waals surface area contributed by atoms with Gasteiger partial charge in [-0.25, -0.2) is 5.21 Å². The maximum Gasteiger partial charge on any atom is 0.316 e. The molecule has 1 atom stereocenters. The number of rotatable bonds is 4. The minimum atomic E-state index is -0.352. The van der Waals surface area contributed by atoms with E-state index in [0.717, 1.165) is 5.56 Å². The summed E-state index contributed by atoms with van der Waals surface area (Å²) >= 11 is 0. The zero-order valence-corrected chi connectivity index (χ0v) is 7.98. The van der Waals surface area contributed by atoms with Crippen LogP contribution in [0.1, 0.15) is 12.5 Å². The van der Waals surface area contributed by atoms with Gasteiger partial charge in [-0.15, -0.1) is 0 Å². The summed E-state index contributed by atoms with van der Waals surface area (Å²) in [7, 11) is 0. The molecule has 0 radical (unpaired) electrons. The van der Waals surface area contributed by atoms with Crippen molar-refractivity contribution in [1.29, 1.82) is 0 Å². The summed E-state index contributed by atoms with van der Waals surface area (Å²) in [6.07, 6.45) is 0.640. The van der Waals surface area contributed by atoms with Gasteiger partial charge in [-0.2, -0.15) is 0 Å². The van der Waals surface area contributed by atoms with Gasteiger partial charge in [0, 0.05) is 12.1 Å². The third-order valence-corrected chi connectivity index (χ3v) is 2.00. The van der Waals surface area contributed by atoms with Crippen molar-refractivity contribution in [3.63, 3.8) is 0 Å². The summed E-state index contributed by atoms with van der Waals surface area (Å²) < 4.78 is 12.2. The van der Waals surface area contributed by atoms with Gasteiger partial charge < -0.3 is 0 Å². The second-order valence-corrected chi connectivity index (χ2v) is 3.40. The van der Waals surface area contributed by atoms with Crippen LogP contribution >= 0.6 is 0 Å². The van der Waals surface area contributed by atoms with E-state index in [9.17, 15) is 9.30 Å². The summed E-state index contributed by atoms with van der Waals surface area (Å²) in [6.45, 7) is 1.47. The molecule has 0 aliphatic rings. The first-order valence-electron chi connectivity index (χ1n) is 4.44. The average Bonchev–Trinajstić information content (AvgIpc) is 2.18. The third-order valence-electron chi connectivity index (χ3n) is 2.00. The van der Waals surface area contributed by atoms with Crippen LogP contribution in [0, 0.1) is 10.8 Å². The summed E-state index contributed by atoms with van der Waals surface area (Å²) in [5.74, 6) is -0.0154. The highest BCUT2D eigenvalue weighted by Crippen LogP contribution is 2.14. The van der Waals surface area contributed by atoms with Crippen LogP contribution in [0.3, 0.4) is 0 Å². The van der Waals surface area contributed by atoms with Crippen molar-refractivity contribution in [2.75, 3.05) is 6.67 Å². The molecule has 4 heteroatoms. The predicted molar refractivity (Wildman–Crippen MR) is 50.4 cm³/mol. The van der Waals surface area contributed by atoms with Crippen LogP contribution in [0.2, 0.25) is 0 Å². The summed E-state index contributed by atoms with van der Waals surface area (Å²) in [5, 5.41) is 8.56. The molecule has 1 rings (SSSR count). The molecule has 0 aliphatic carbocycles. The Balaban J connectivity index is 2.68. The molecule has 1 aromatic rings. The zero-order chi connectivity index (χ0) is 10.6. The van der Waals surface area contributed by atoms with Gasteiger partial charge in [0.2, 0.25) is 0 Å². The van der Waals surface area contributed by atoms with E-state index < -0.39 is 0 Å². The molecule has 1 N–H and O–H groups in total. The molecule has 0 saturated heterocycles. The van der Waals surface area contributed by atoms with Gasteiger partial charge in [-0.1, -0.05) is 19.1 Å². The van der Waals surface area contributed by atoms with Crippen molar-refractivity contribution >= 4 is 5.69 Å². The standard InChI is InChI=1S/C10H13FNO2/c1-8(7-11)6-9-2-4-10(5-3-9)12(13)14/h2-5,8H,6-7H2,1H3,(H,13,14)/q+1. The lowest BCUT2D eigenvalue weighted by atomic mass is 10.0. The second kappa shape index (κ2) is 4.69. The number of halogens is 1. The van der Waals surface area contributed by atoms with Crippen LogP contribution in [0.25, 0.3) is 0 Å². The van der Waals surface area contributed by atoms with Gasteiger partial charge in [0.15, 0.2) is 0 Å². The molecule has 3 nitrogen and oxygen atoms in total. The highest BCUT2D eigenvalue weighted by molar-refractivity contribution is 5.32. The van der Waals surface area contributed by atoms with Gasteiger partial charge >= 0.3 is 5.69 Å². The summed E-state index contributed by atoms with van der Waals surface area (Å²) in [4.78, 5) is 10.3. The number of hydrogen-bond donors (Lipinski definition) is 1. The molecule has 0 aromatic heterocycles. The Morgan fingerprint density at radius 2 is 2.00 bits per heavy atom. The Bertz CT molecular complexity index is 310. The van der Waals surface area contributed by atoms with Crippen molar-refractivity contribution in [2.24, 2.45) is 5.92 Å². The highest BCUT2D eigenvalue weighted by atomic mass is 19.1. The van der Waals surface area contributed by atoms with Crippen LogP contribution in [0.4, 0.5) is 10.1 Å². The average molecular weight is 198 g/mol. The highest BCUT2D eigenvalue weighted by Gasteiger charge is 2.10. The largest absolute Gasteiger partial charge is 0.316 e. The molecule has 76 valence electrons. The topological polar surface area (TPSA) is 40.3 Å². The van der Waals surface area contributed by atoms with Crippen LogP contribution in [0.15, 0.2) is 24.3 Å². The van der Waals surface area contributed by atoms with Crippen molar-refractivity contribution in [3.05, 3.63) is 34.7 Å². The fourth-order valence-corrected chi connectivity index (χ4v) is 1.22. The van der Waals surface area contributed by atoms with E-state index in [1.807, 2.05) is 6.92 Å². The van der Waals surface area contributed by atoms with Crippen LogP contribution in [0.5, 0.6) is 0 Å². The summed E-state index contributed by atoms with van der Waals surface area (Å²) in [5.41, 5.74) is 1.14. The maximum absolute atomic E-state index is 12.2. The van der Waals surface area contributed by atoms with E-state index in [2.05, 4.69) is 0 Å². The molecule has 1 aromatic carbocycles. The lowest BCUT2D eigenvalue weighted by Gasteiger charge is -2.05. The quantitative estimate of drug-likeness (QED) is 0.755. The molecule has 0 aliphatic heterocycles. The fourth-order valence-electron chi connectivity index (χ4n) is 1.22. The Labute approximate surface area is 81.7 Å². The molecular weight excluding hydrogens is 185 g/mol. The van der Waals surface area contributed by atoms with Crippen LogP contribution in [-0.2, 0) is 6.42 Å². The number of hydrogen-bond acceptors (Lipinski definition) is 1. The van der Waals surface area contributed by atoms with E-state index in [-0.39, 0.29) is 23.2 Å². The molecular formula is C10H13FNO2+. The second-order valence-electron chi connectivity index (χ2n) is 3.40. The smallest absolute Gasteiger partial charge is 0.251 e. The Kier molecular flexibility index (Phi) is 3.56. The number of benzene rings is 1. The third kappa shape index (κ3) is 2.80. The number of nitrogens with zero attached hydrogens (tertiary/aromatic N) is 1. The van der Waals surface area contributed by atoms with Crippen LogP contribution in [-0.4, -0.2) is 16.8 Å². The fraction of sp³-hybridized carbons (Fsp3) is 0.400. The molecule has 14 heavy (non-hydrogen) atoms. The summed E-state index contributed by atoms with van der Waals surface area (Å²) in [6, 6.07) is 6.44. The first-order chi connectivity index (χ1) is 6.63. The Morgan fingerprint density at radius 3 is 2.43 bits per heavy atom. The van der Waals surface area contributed by atoms with Crippen molar-refractivity contribution < 1.29 is 14.5 Å². The van der Waals surface area contributed by atoms with E-state index in [1.54, 1.807) is 12.1 Å². The first-order valence-corrected chi connectivity index (χ1v) is 4.44. The van der Waals surface area contributed by atoms with E-state index in [4.69, 9.17) is 5.21 Å². The van der Waals surface area contributed by atoms with Crippen molar-refractivity contribution in [2.45, 2.75) is 13.3 Å². The van der Waals surface area contributed by atoms with Crippen molar-refractivity contribution in [3.8, 4) is 0 Å². The zero-order valence-electron chi connectivity index (χ0n) is 7.98. The molecule has 1 unspecified atom stereocenters. The van der Waals surface area contributed by atoms with Gasteiger partial charge in [0.05, 0.1) is 11.6 Å². The lowest BCUT2D eigenvalue weighted by Crippen LogP contribution is -2.01. The first kappa shape index (κ1) is 10.6. The van der Waals surface area contributed by atoms with Gasteiger partial charge in [0.25, 0.3) is 4.92 Å². The molecule has 0 amide bonds. The van der Waals surface area contributed by atoms with E-state index in [1.165, 1.54) is 12.1 Å². The van der Waals surface area contributed by atoms with Gasteiger partial charge in [0.1, 0.15) is 0 Å².